The fourth-order valence-electron chi connectivity index (χ4n) is 4.55. The van der Waals surface area contributed by atoms with Crippen LogP contribution in [0.5, 0.6) is 0 Å². The Kier molecular flexibility index (Phi) is 5.08. The number of carboxylic acids is 1. The molecule has 3 fully saturated rings. The first-order valence-corrected chi connectivity index (χ1v) is 8.99. The molecule has 3 rings (SSSR count). The maximum atomic E-state index is 12.7. The number of nitrogens with zero attached hydrogens (tertiary/aromatic N) is 3. The van der Waals surface area contributed by atoms with Crippen molar-refractivity contribution in [2.75, 3.05) is 32.7 Å². The van der Waals surface area contributed by atoms with Crippen molar-refractivity contribution >= 4 is 17.8 Å². The van der Waals surface area contributed by atoms with Gasteiger partial charge in [-0.25, -0.2) is 0 Å². The highest BCUT2D eigenvalue weighted by Gasteiger charge is 2.46. The number of carbonyl (C=O) groups is 3. The van der Waals surface area contributed by atoms with Gasteiger partial charge in [0, 0.05) is 39.1 Å². The van der Waals surface area contributed by atoms with Gasteiger partial charge in [-0.3, -0.25) is 19.3 Å². The molecule has 0 radical (unpaired) electrons. The number of hydrogen-bond acceptors (Lipinski definition) is 4. The van der Waals surface area contributed by atoms with Gasteiger partial charge in [0.2, 0.25) is 11.8 Å². The third-order valence-electron chi connectivity index (χ3n) is 5.90. The van der Waals surface area contributed by atoms with E-state index in [9.17, 15) is 19.5 Å². The number of rotatable bonds is 3. The van der Waals surface area contributed by atoms with Crippen molar-refractivity contribution < 1.29 is 19.5 Å². The van der Waals surface area contributed by atoms with Crippen molar-refractivity contribution in [3.05, 3.63) is 0 Å². The number of carbonyl (C=O) groups excluding carboxylic acids is 2. The van der Waals surface area contributed by atoms with Crippen molar-refractivity contribution in [2.45, 2.75) is 51.1 Å². The summed E-state index contributed by atoms with van der Waals surface area (Å²) < 4.78 is 0. The van der Waals surface area contributed by atoms with Gasteiger partial charge >= 0.3 is 5.97 Å². The minimum absolute atomic E-state index is 0.00400. The SMILES string of the molecule is CC(=O)N1CCN(C(=O)CN2[C@@H]3CCCC[C@@H]3C[C@H]2C(=O)O)CC1. The van der Waals surface area contributed by atoms with Crippen molar-refractivity contribution in [2.24, 2.45) is 5.92 Å². The zero-order chi connectivity index (χ0) is 17.3. The second-order valence-electron chi connectivity index (χ2n) is 7.26. The Balaban J connectivity index is 1.62. The predicted octanol–water partition coefficient (Wildman–Crippen LogP) is 0.395. The smallest absolute Gasteiger partial charge is 0.320 e. The van der Waals surface area contributed by atoms with Gasteiger partial charge in [-0.1, -0.05) is 12.8 Å². The summed E-state index contributed by atoms with van der Waals surface area (Å²) in [6.07, 6.45) is 5.04. The second kappa shape index (κ2) is 7.09. The van der Waals surface area contributed by atoms with Crippen LogP contribution in [0.4, 0.5) is 0 Å². The molecule has 0 aromatic heterocycles. The molecule has 0 aromatic carbocycles. The monoisotopic (exact) mass is 337 g/mol. The van der Waals surface area contributed by atoms with Gasteiger partial charge in [0.15, 0.2) is 0 Å². The van der Waals surface area contributed by atoms with Crippen LogP contribution >= 0.6 is 0 Å². The first-order chi connectivity index (χ1) is 11.5. The number of carboxylic acid groups (broad SMARTS) is 1. The van der Waals surface area contributed by atoms with Gasteiger partial charge in [-0.15, -0.1) is 0 Å². The van der Waals surface area contributed by atoms with Crippen LogP contribution in [0.25, 0.3) is 0 Å². The van der Waals surface area contributed by atoms with E-state index in [1.165, 1.54) is 6.42 Å². The Labute approximate surface area is 142 Å². The fourth-order valence-corrected chi connectivity index (χ4v) is 4.55. The summed E-state index contributed by atoms with van der Waals surface area (Å²) in [6, 6.07) is -0.289. The number of likely N-dealkylation sites (tertiary alicyclic amines) is 1. The Bertz CT molecular complexity index is 516. The number of fused-ring (bicyclic) bond motifs is 1. The van der Waals surface area contributed by atoms with Gasteiger partial charge in [0.25, 0.3) is 0 Å². The van der Waals surface area contributed by atoms with E-state index in [2.05, 4.69) is 0 Å². The lowest BCUT2D eigenvalue weighted by Crippen LogP contribution is -2.54. The normalized spacial score (nSPS) is 31.0. The summed E-state index contributed by atoms with van der Waals surface area (Å²) >= 11 is 0. The molecule has 7 nitrogen and oxygen atoms in total. The molecule has 1 saturated carbocycles. The second-order valence-corrected chi connectivity index (χ2v) is 7.26. The van der Waals surface area contributed by atoms with E-state index >= 15 is 0 Å². The highest BCUT2D eigenvalue weighted by molar-refractivity contribution is 5.81. The maximum Gasteiger partial charge on any atom is 0.320 e. The third kappa shape index (κ3) is 3.41. The molecule has 3 aliphatic rings. The molecule has 0 spiro atoms. The minimum atomic E-state index is -0.807. The standard InChI is InChI=1S/C17H27N3O4/c1-12(21)18-6-8-19(9-7-18)16(22)11-20-14-5-3-2-4-13(14)10-15(20)17(23)24/h13-15H,2-11H2,1H3,(H,23,24)/t13-,14-,15+/m1/s1. The van der Waals surface area contributed by atoms with Crippen LogP contribution in [-0.4, -0.2) is 82.4 Å². The van der Waals surface area contributed by atoms with Crippen molar-refractivity contribution in [1.29, 1.82) is 0 Å². The van der Waals surface area contributed by atoms with Crippen LogP contribution in [0.1, 0.15) is 39.0 Å². The molecule has 24 heavy (non-hydrogen) atoms. The molecule has 0 aromatic rings. The molecule has 0 bridgehead atoms. The van der Waals surface area contributed by atoms with E-state index in [0.717, 1.165) is 19.3 Å². The lowest BCUT2D eigenvalue weighted by atomic mass is 9.85. The van der Waals surface area contributed by atoms with Crippen LogP contribution < -0.4 is 0 Å². The van der Waals surface area contributed by atoms with Crippen LogP contribution in [0.15, 0.2) is 0 Å². The predicted molar refractivity (Wildman–Crippen MR) is 87.3 cm³/mol. The summed E-state index contributed by atoms with van der Waals surface area (Å²) in [7, 11) is 0. The minimum Gasteiger partial charge on any atom is -0.480 e. The van der Waals surface area contributed by atoms with E-state index in [1.807, 2.05) is 4.90 Å². The number of hydrogen-bond donors (Lipinski definition) is 1. The highest BCUT2D eigenvalue weighted by atomic mass is 16.4. The van der Waals surface area contributed by atoms with Crippen LogP contribution in [-0.2, 0) is 14.4 Å². The summed E-state index contributed by atoms with van der Waals surface area (Å²) in [4.78, 5) is 41.1. The fraction of sp³-hybridized carbons (Fsp3) is 0.824. The van der Waals surface area contributed by atoms with Crippen LogP contribution in [0, 0.1) is 5.92 Å². The summed E-state index contributed by atoms with van der Waals surface area (Å²) in [5, 5.41) is 9.54. The summed E-state index contributed by atoms with van der Waals surface area (Å²) in [5.41, 5.74) is 0. The molecule has 2 saturated heterocycles. The summed E-state index contributed by atoms with van der Waals surface area (Å²) in [6.45, 7) is 3.95. The zero-order valence-electron chi connectivity index (χ0n) is 14.3. The first kappa shape index (κ1) is 17.2. The van der Waals surface area contributed by atoms with E-state index in [4.69, 9.17) is 0 Å². The van der Waals surface area contributed by atoms with Crippen molar-refractivity contribution in [3.63, 3.8) is 0 Å². The zero-order valence-corrected chi connectivity index (χ0v) is 14.3. The summed E-state index contributed by atoms with van der Waals surface area (Å²) in [5.74, 6) is -0.353. The van der Waals surface area contributed by atoms with Crippen LogP contribution in [0.2, 0.25) is 0 Å². The molecule has 2 aliphatic heterocycles. The number of amides is 2. The molecule has 7 heteroatoms. The van der Waals surface area contributed by atoms with Gasteiger partial charge < -0.3 is 14.9 Å². The highest BCUT2D eigenvalue weighted by Crippen LogP contribution is 2.39. The van der Waals surface area contributed by atoms with Crippen LogP contribution in [0.3, 0.4) is 0 Å². The number of piperazine rings is 1. The molecule has 134 valence electrons. The molecular weight excluding hydrogens is 310 g/mol. The van der Waals surface area contributed by atoms with E-state index in [-0.39, 0.29) is 24.4 Å². The first-order valence-electron chi connectivity index (χ1n) is 8.99. The number of aliphatic carboxylic acids is 1. The quantitative estimate of drug-likeness (QED) is 0.806. The average Bonchev–Trinajstić information content (AvgIpc) is 2.94. The molecule has 1 N–H and O–H groups in total. The topological polar surface area (TPSA) is 81.2 Å². The molecular formula is C17H27N3O4. The van der Waals surface area contributed by atoms with Crippen molar-refractivity contribution in [1.82, 2.24) is 14.7 Å². The Hall–Kier alpha value is -1.63. The van der Waals surface area contributed by atoms with Gasteiger partial charge in [-0.2, -0.15) is 0 Å². The lowest BCUT2D eigenvalue weighted by Gasteiger charge is -2.37. The molecule has 2 amide bonds. The molecule has 3 atom stereocenters. The van der Waals surface area contributed by atoms with Gasteiger partial charge in [-0.05, 0) is 25.2 Å². The maximum absolute atomic E-state index is 12.7. The van der Waals surface area contributed by atoms with Gasteiger partial charge in [0.05, 0.1) is 6.54 Å². The Morgan fingerprint density at radius 2 is 1.62 bits per heavy atom. The van der Waals surface area contributed by atoms with E-state index in [0.29, 0.717) is 38.5 Å². The molecule has 1 aliphatic carbocycles. The molecule has 2 heterocycles. The Morgan fingerprint density at radius 3 is 2.25 bits per heavy atom. The Morgan fingerprint density at radius 1 is 1.00 bits per heavy atom. The van der Waals surface area contributed by atoms with E-state index in [1.54, 1.807) is 16.7 Å². The lowest BCUT2D eigenvalue weighted by molar-refractivity contribution is -0.145. The largest absolute Gasteiger partial charge is 0.480 e. The van der Waals surface area contributed by atoms with Crippen molar-refractivity contribution in [3.8, 4) is 0 Å². The average molecular weight is 337 g/mol. The third-order valence-corrected chi connectivity index (χ3v) is 5.90. The van der Waals surface area contributed by atoms with Gasteiger partial charge in [0.1, 0.15) is 6.04 Å². The van der Waals surface area contributed by atoms with E-state index < -0.39 is 12.0 Å². The molecule has 0 unspecified atom stereocenters.